The SMILES string of the molecule is CN=C(NCCCN1CCCCC1C)NCc1ccccc1CN1CCOCC1.I. The Bertz CT molecular complexity index is 636. The highest BCUT2D eigenvalue weighted by Gasteiger charge is 2.17. The van der Waals surface area contributed by atoms with Gasteiger partial charge in [-0.25, -0.2) is 0 Å². The number of aliphatic imine (C=N–C) groups is 1. The Labute approximate surface area is 199 Å². The van der Waals surface area contributed by atoms with E-state index in [2.05, 4.69) is 56.6 Å². The van der Waals surface area contributed by atoms with Crippen LogP contribution in [-0.2, 0) is 17.8 Å². The molecule has 3 rings (SSSR count). The maximum Gasteiger partial charge on any atom is 0.191 e. The summed E-state index contributed by atoms with van der Waals surface area (Å²) in [4.78, 5) is 9.50. The predicted octanol–water partition coefficient (Wildman–Crippen LogP) is 3.07. The minimum Gasteiger partial charge on any atom is -0.379 e. The fraction of sp³-hybridized carbons (Fsp3) is 0.696. The number of hydrogen-bond donors (Lipinski definition) is 2. The van der Waals surface area contributed by atoms with Crippen LogP contribution in [0.25, 0.3) is 0 Å². The molecule has 1 aromatic carbocycles. The molecule has 2 saturated heterocycles. The van der Waals surface area contributed by atoms with Crippen molar-refractivity contribution in [2.45, 2.75) is 51.7 Å². The molecule has 1 atom stereocenters. The highest BCUT2D eigenvalue weighted by atomic mass is 127. The van der Waals surface area contributed by atoms with Gasteiger partial charge in [-0.05, 0) is 43.9 Å². The van der Waals surface area contributed by atoms with Gasteiger partial charge < -0.3 is 20.3 Å². The number of likely N-dealkylation sites (tertiary alicyclic amines) is 1. The van der Waals surface area contributed by atoms with Gasteiger partial charge in [0.05, 0.1) is 13.2 Å². The predicted molar refractivity (Wildman–Crippen MR) is 136 cm³/mol. The Morgan fingerprint density at radius 3 is 2.60 bits per heavy atom. The van der Waals surface area contributed by atoms with Crippen LogP contribution in [0.4, 0.5) is 0 Å². The number of rotatable bonds is 8. The first-order chi connectivity index (χ1) is 14.3. The first kappa shape index (κ1) is 25.4. The van der Waals surface area contributed by atoms with E-state index in [9.17, 15) is 0 Å². The van der Waals surface area contributed by atoms with Crippen LogP contribution in [0.2, 0.25) is 0 Å². The monoisotopic (exact) mass is 529 g/mol. The third-order valence-corrected chi connectivity index (χ3v) is 6.14. The van der Waals surface area contributed by atoms with Crippen LogP contribution < -0.4 is 10.6 Å². The molecule has 2 fully saturated rings. The Kier molecular flexibility index (Phi) is 12.0. The second kappa shape index (κ2) is 14.2. The van der Waals surface area contributed by atoms with Crippen molar-refractivity contribution < 1.29 is 4.74 Å². The van der Waals surface area contributed by atoms with Crippen LogP contribution in [0.15, 0.2) is 29.3 Å². The lowest BCUT2D eigenvalue weighted by molar-refractivity contribution is 0.0341. The highest BCUT2D eigenvalue weighted by molar-refractivity contribution is 14.0. The molecule has 0 saturated carbocycles. The first-order valence-electron chi connectivity index (χ1n) is 11.3. The summed E-state index contributed by atoms with van der Waals surface area (Å²) in [6.45, 7) is 11.2. The smallest absolute Gasteiger partial charge is 0.191 e. The molecule has 2 N–H and O–H groups in total. The van der Waals surface area contributed by atoms with Crippen molar-refractivity contribution in [3.8, 4) is 0 Å². The van der Waals surface area contributed by atoms with Gasteiger partial charge in [-0.3, -0.25) is 9.89 Å². The lowest BCUT2D eigenvalue weighted by atomic mass is 10.0. The summed E-state index contributed by atoms with van der Waals surface area (Å²) in [7, 11) is 1.85. The molecule has 0 bridgehead atoms. The van der Waals surface area contributed by atoms with E-state index in [0.29, 0.717) is 0 Å². The van der Waals surface area contributed by atoms with Gasteiger partial charge in [0, 0.05) is 52.4 Å². The second-order valence-electron chi connectivity index (χ2n) is 8.24. The Hall–Kier alpha value is -0.900. The van der Waals surface area contributed by atoms with E-state index in [1.807, 2.05) is 7.05 Å². The number of piperidine rings is 1. The van der Waals surface area contributed by atoms with Gasteiger partial charge in [-0.1, -0.05) is 30.7 Å². The molecule has 6 nitrogen and oxygen atoms in total. The summed E-state index contributed by atoms with van der Waals surface area (Å²) in [5.74, 6) is 0.887. The van der Waals surface area contributed by atoms with Crippen molar-refractivity contribution >= 4 is 29.9 Å². The molecule has 2 aliphatic heterocycles. The van der Waals surface area contributed by atoms with E-state index in [0.717, 1.165) is 64.4 Å². The van der Waals surface area contributed by atoms with Crippen molar-refractivity contribution in [3.05, 3.63) is 35.4 Å². The second-order valence-corrected chi connectivity index (χ2v) is 8.24. The summed E-state index contributed by atoms with van der Waals surface area (Å²) in [5, 5.41) is 6.97. The van der Waals surface area contributed by atoms with Crippen LogP contribution in [0.5, 0.6) is 0 Å². The largest absolute Gasteiger partial charge is 0.379 e. The summed E-state index contributed by atoms with van der Waals surface area (Å²) in [6, 6.07) is 9.45. The number of benzene rings is 1. The zero-order valence-corrected chi connectivity index (χ0v) is 21.1. The molecule has 2 heterocycles. The molecule has 0 amide bonds. The van der Waals surface area contributed by atoms with Gasteiger partial charge in [0.1, 0.15) is 0 Å². The van der Waals surface area contributed by atoms with Crippen LogP contribution in [0.3, 0.4) is 0 Å². The lowest BCUT2D eigenvalue weighted by Gasteiger charge is -2.33. The molecule has 0 spiro atoms. The molecular weight excluding hydrogens is 489 g/mol. The molecule has 1 unspecified atom stereocenters. The Balaban J connectivity index is 0.00000320. The number of halogens is 1. The van der Waals surface area contributed by atoms with E-state index in [1.54, 1.807) is 0 Å². The maximum absolute atomic E-state index is 5.47. The number of hydrogen-bond acceptors (Lipinski definition) is 4. The van der Waals surface area contributed by atoms with Gasteiger partial charge in [-0.2, -0.15) is 0 Å². The molecule has 7 heteroatoms. The fourth-order valence-corrected chi connectivity index (χ4v) is 4.26. The quantitative estimate of drug-likeness (QED) is 0.235. The highest BCUT2D eigenvalue weighted by Crippen LogP contribution is 2.16. The third kappa shape index (κ3) is 8.32. The van der Waals surface area contributed by atoms with Crippen LogP contribution in [-0.4, -0.2) is 74.8 Å². The van der Waals surface area contributed by atoms with E-state index in [4.69, 9.17) is 4.74 Å². The third-order valence-electron chi connectivity index (χ3n) is 6.14. The Morgan fingerprint density at radius 2 is 1.87 bits per heavy atom. The molecule has 0 aromatic heterocycles. The minimum atomic E-state index is 0. The van der Waals surface area contributed by atoms with E-state index >= 15 is 0 Å². The topological polar surface area (TPSA) is 52.1 Å². The number of nitrogens with zero attached hydrogens (tertiary/aromatic N) is 3. The van der Waals surface area contributed by atoms with Crippen molar-refractivity contribution in [3.63, 3.8) is 0 Å². The average molecular weight is 530 g/mol. The lowest BCUT2D eigenvalue weighted by Crippen LogP contribution is -2.41. The molecule has 2 aliphatic rings. The molecular formula is C23H40IN5O. The van der Waals surface area contributed by atoms with Crippen LogP contribution >= 0.6 is 24.0 Å². The first-order valence-corrected chi connectivity index (χ1v) is 11.3. The molecule has 170 valence electrons. The minimum absolute atomic E-state index is 0. The van der Waals surface area contributed by atoms with Gasteiger partial charge in [0.25, 0.3) is 0 Å². The standard InChI is InChI=1S/C23H39N5O.HI/c1-20-8-5-6-12-28(20)13-7-11-25-23(24-2)26-18-21-9-3-4-10-22(21)19-27-14-16-29-17-15-27;/h3-4,9-10,20H,5-8,11-19H2,1-2H3,(H2,24,25,26);1H. The molecule has 0 aliphatic carbocycles. The summed E-state index contributed by atoms with van der Waals surface area (Å²) >= 11 is 0. The normalized spacial score (nSPS) is 21.1. The zero-order valence-electron chi connectivity index (χ0n) is 18.7. The van der Waals surface area contributed by atoms with E-state index in [-0.39, 0.29) is 24.0 Å². The number of ether oxygens (including phenoxy) is 1. The summed E-state index contributed by atoms with van der Waals surface area (Å²) < 4.78 is 5.47. The summed E-state index contributed by atoms with van der Waals surface area (Å²) in [6.07, 6.45) is 5.24. The molecule has 0 radical (unpaired) electrons. The molecule has 1 aromatic rings. The van der Waals surface area contributed by atoms with Crippen LogP contribution in [0.1, 0.15) is 43.7 Å². The van der Waals surface area contributed by atoms with Crippen LogP contribution in [0, 0.1) is 0 Å². The van der Waals surface area contributed by atoms with Gasteiger partial charge in [0.15, 0.2) is 5.96 Å². The van der Waals surface area contributed by atoms with Crippen molar-refractivity contribution in [1.82, 2.24) is 20.4 Å². The average Bonchev–Trinajstić information content (AvgIpc) is 2.76. The van der Waals surface area contributed by atoms with E-state index in [1.165, 1.54) is 43.5 Å². The Morgan fingerprint density at radius 1 is 1.10 bits per heavy atom. The van der Waals surface area contributed by atoms with Gasteiger partial charge >= 0.3 is 0 Å². The van der Waals surface area contributed by atoms with Crippen molar-refractivity contribution in [2.24, 2.45) is 4.99 Å². The fourth-order valence-electron chi connectivity index (χ4n) is 4.26. The van der Waals surface area contributed by atoms with E-state index < -0.39 is 0 Å². The van der Waals surface area contributed by atoms with Gasteiger partial charge in [-0.15, -0.1) is 24.0 Å². The zero-order chi connectivity index (χ0) is 20.3. The molecule has 30 heavy (non-hydrogen) atoms. The summed E-state index contributed by atoms with van der Waals surface area (Å²) in [5.41, 5.74) is 2.72. The van der Waals surface area contributed by atoms with Crippen molar-refractivity contribution in [2.75, 3.05) is 53.0 Å². The number of morpholine rings is 1. The maximum atomic E-state index is 5.47. The van der Waals surface area contributed by atoms with Crippen molar-refractivity contribution in [1.29, 1.82) is 0 Å². The number of guanidine groups is 1. The van der Waals surface area contributed by atoms with Gasteiger partial charge in [0.2, 0.25) is 0 Å². The number of nitrogens with one attached hydrogen (secondary N) is 2.